The summed E-state index contributed by atoms with van der Waals surface area (Å²) in [6.45, 7) is 0.504. The van der Waals surface area contributed by atoms with E-state index in [0.717, 1.165) is 28.5 Å². The Labute approximate surface area is 185 Å². The highest BCUT2D eigenvalue weighted by Gasteiger charge is 2.31. The van der Waals surface area contributed by atoms with Gasteiger partial charge in [0.2, 0.25) is 11.8 Å². The van der Waals surface area contributed by atoms with Crippen molar-refractivity contribution in [2.45, 2.75) is 18.1 Å². The average molecular weight is 441 g/mol. The van der Waals surface area contributed by atoms with Crippen LogP contribution in [0.3, 0.4) is 0 Å². The van der Waals surface area contributed by atoms with Gasteiger partial charge >= 0.3 is 0 Å². The number of rotatable bonds is 9. The molecule has 0 aromatic heterocycles. The van der Waals surface area contributed by atoms with Crippen LogP contribution in [0, 0.1) is 0 Å². The van der Waals surface area contributed by atoms with E-state index < -0.39 is 0 Å². The molecule has 1 atom stereocenters. The van der Waals surface area contributed by atoms with E-state index in [-0.39, 0.29) is 22.3 Å². The van der Waals surface area contributed by atoms with E-state index in [1.54, 1.807) is 32.4 Å². The summed E-state index contributed by atoms with van der Waals surface area (Å²) in [6.07, 6.45) is 4.40. The van der Waals surface area contributed by atoms with Crippen LogP contribution in [0.15, 0.2) is 48.5 Å². The van der Waals surface area contributed by atoms with Crippen LogP contribution in [0.2, 0.25) is 0 Å². The average Bonchev–Trinajstić information content (AvgIpc) is 3.09. The molecule has 2 N–H and O–H groups in total. The van der Waals surface area contributed by atoms with Crippen molar-refractivity contribution in [1.29, 1.82) is 0 Å². The van der Waals surface area contributed by atoms with Gasteiger partial charge in [0.05, 0.1) is 19.5 Å². The molecule has 1 heterocycles. The number of nitrogens with one attached hydrogen (secondary N) is 2. The second-order valence-electron chi connectivity index (χ2n) is 6.89. The van der Waals surface area contributed by atoms with Crippen LogP contribution in [-0.2, 0) is 22.4 Å². The maximum absolute atomic E-state index is 12.1. The van der Waals surface area contributed by atoms with Crippen molar-refractivity contribution in [3.63, 3.8) is 0 Å². The Balaban J connectivity index is 1.44. The molecule has 0 aliphatic carbocycles. The van der Waals surface area contributed by atoms with E-state index in [4.69, 9.17) is 9.47 Å². The van der Waals surface area contributed by atoms with Gasteiger partial charge in [-0.2, -0.15) is 0 Å². The number of thioether (sulfide) groups is 1. The summed E-state index contributed by atoms with van der Waals surface area (Å²) in [5.41, 5.74) is 2.90. The highest BCUT2D eigenvalue weighted by molar-refractivity contribution is 8.15. The molecule has 2 aromatic carbocycles. The molecular weight excluding hydrogens is 416 g/mol. The molecule has 31 heavy (non-hydrogen) atoms. The zero-order valence-electron chi connectivity index (χ0n) is 17.3. The predicted octanol–water partition coefficient (Wildman–Crippen LogP) is 2.97. The predicted molar refractivity (Wildman–Crippen MR) is 120 cm³/mol. The molecule has 3 amide bonds. The third kappa shape index (κ3) is 6.36. The van der Waals surface area contributed by atoms with Crippen molar-refractivity contribution in [2.24, 2.45) is 0 Å². The summed E-state index contributed by atoms with van der Waals surface area (Å²) >= 11 is 1.03. The lowest BCUT2D eigenvalue weighted by atomic mass is 10.1. The number of hydrogen-bond acceptors (Lipinski definition) is 6. The van der Waals surface area contributed by atoms with Crippen LogP contribution in [0.4, 0.5) is 4.79 Å². The van der Waals surface area contributed by atoms with E-state index in [1.165, 1.54) is 6.08 Å². The molecule has 3 rings (SSSR count). The SMILES string of the molecule is COc1ccc(C=CC(=O)NCCc2ccc(C[C@@H]3SC(=O)NC3=O)cc2)cc1OC. The first-order chi connectivity index (χ1) is 15.0. The van der Waals surface area contributed by atoms with Crippen molar-refractivity contribution in [3.05, 3.63) is 65.2 Å². The summed E-state index contributed by atoms with van der Waals surface area (Å²) in [5.74, 6) is 0.824. The molecular formula is C23H24N2O5S. The van der Waals surface area contributed by atoms with E-state index in [0.29, 0.717) is 30.9 Å². The molecule has 0 unspecified atom stereocenters. The second-order valence-corrected chi connectivity index (χ2v) is 8.07. The van der Waals surface area contributed by atoms with Gasteiger partial charge in [-0.15, -0.1) is 0 Å². The summed E-state index contributed by atoms with van der Waals surface area (Å²) in [4.78, 5) is 35.0. The van der Waals surface area contributed by atoms with Gasteiger partial charge in [-0.05, 0) is 47.7 Å². The molecule has 1 aliphatic heterocycles. The molecule has 0 spiro atoms. The topological polar surface area (TPSA) is 93.7 Å². The first-order valence-corrected chi connectivity index (χ1v) is 10.6. The Bertz CT molecular complexity index is 988. The highest BCUT2D eigenvalue weighted by Crippen LogP contribution is 2.28. The van der Waals surface area contributed by atoms with Gasteiger partial charge < -0.3 is 14.8 Å². The Hall–Kier alpha value is -3.26. The zero-order valence-corrected chi connectivity index (χ0v) is 18.2. The van der Waals surface area contributed by atoms with Crippen LogP contribution in [0.5, 0.6) is 11.5 Å². The number of benzene rings is 2. The molecule has 1 fully saturated rings. The zero-order chi connectivity index (χ0) is 22.2. The molecule has 2 aromatic rings. The number of amides is 3. The third-order valence-corrected chi connectivity index (χ3v) is 5.74. The lowest BCUT2D eigenvalue weighted by Crippen LogP contribution is -2.25. The lowest BCUT2D eigenvalue weighted by Gasteiger charge is -2.08. The van der Waals surface area contributed by atoms with Gasteiger partial charge in [0.15, 0.2) is 11.5 Å². The normalized spacial score (nSPS) is 15.7. The van der Waals surface area contributed by atoms with E-state index in [9.17, 15) is 14.4 Å². The number of carbonyl (C=O) groups excluding carboxylic acids is 3. The third-order valence-electron chi connectivity index (χ3n) is 4.76. The quantitative estimate of drug-likeness (QED) is 0.583. The molecule has 7 nitrogen and oxygen atoms in total. The van der Waals surface area contributed by atoms with E-state index in [2.05, 4.69) is 10.6 Å². The molecule has 1 saturated heterocycles. The lowest BCUT2D eigenvalue weighted by molar-refractivity contribution is -0.119. The van der Waals surface area contributed by atoms with Crippen molar-refractivity contribution < 1.29 is 23.9 Å². The largest absolute Gasteiger partial charge is 0.493 e. The minimum atomic E-state index is -0.366. The smallest absolute Gasteiger partial charge is 0.286 e. The number of methoxy groups -OCH3 is 2. The van der Waals surface area contributed by atoms with E-state index in [1.807, 2.05) is 30.3 Å². The number of hydrogen-bond donors (Lipinski definition) is 2. The summed E-state index contributed by atoms with van der Waals surface area (Å²) in [6, 6.07) is 13.3. The minimum absolute atomic E-state index is 0.180. The molecule has 0 radical (unpaired) electrons. The van der Waals surface area contributed by atoms with Gasteiger partial charge in [-0.25, -0.2) is 0 Å². The Morgan fingerprint density at radius 2 is 1.77 bits per heavy atom. The van der Waals surface area contributed by atoms with E-state index >= 15 is 0 Å². The summed E-state index contributed by atoms with van der Waals surface area (Å²) in [5, 5.41) is 4.50. The second kappa shape index (κ2) is 10.7. The highest BCUT2D eigenvalue weighted by atomic mass is 32.2. The van der Waals surface area contributed by atoms with Crippen molar-refractivity contribution in [3.8, 4) is 11.5 Å². The van der Waals surface area contributed by atoms with Crippen LogP contribution in [-0.4, -0.2) is 43.1 Å². The number of carbonyl (C=O) groups is 3. The van der Waals surface area contributed by atoms with Crippen molar-refractivity contribution in [1.82, 2.24) is 10.6 Å². The molecule has 1 aliphatic rings. The molecule has 0 bridgehead atoms. The standard InChI is InChI=1S/C23H24N2O5S/c1-29-18-9-7-16(13-19(18)30-2)8-10-21(26)24-12-11-15-3-5-17(6-4-15)14-20-22(27)25-23(28)31-20/h3-10,13,20H,11-12,14H2,1-2H3,(H,24,26)(H,25,27,28)/t20-/m0/s1. The van der Waals surface area contributed by atoms with Gasteiger partial charge in [-0.1, -0.05) is 42.1 Å². The van der Waals surface area contributed by atoms with Gasteiger partial charge in [0.1, 0.15) is 0 Å². The van der Waals surface area contributed by atoms with Crippen LogP contribution >= 0.6 is 11.8 Å². The molecule has 162 valence electrons. The summed E-state index contributed by atoms with van der Waals surface area (Å²) in [7, 11) is 3.14. The Morgan fingerprint density at radius 3 is 2.42 bits per heavy atom. The monoisotopic (exact) mass is 440 g/mol. The first-order valence-electron chi connectivity index (χ1n) is 9.75. The van der Waals surface area contributed by atoms with Crippen LogP contribution < -0.4 is 20.1 Å². The van der Waals surface area contributed by atoms with Crippen molar-refractivity contribution >= 4 is 34.9 Å². The van der Waals surface area contributed by atoms with Gasteiger partial charge in [-0.3, -0.25) is 19.7 Å². The Morgan fingerprint density at radius 1 is 1.06 bits per heavy atom. The van der Waals surface area contributed by atoms with Gasteiger partial charge in [0, 0.05) is 12.6 Å². The van der Waals surface area contributed by atoms with Crippen LogP contribution in [0.1, 0.15) is 16.7 Å². The fraction of sp³-hybridized carbons (Fsp3) is 0.261. The maximum atomic E-state index is 12.1. The summed E-state index contributed by atoms with van der Waals surface area (Å²) < 4.78 is 10.5. The maximum Gasteiger partial charge on any atom is 0.286 e. The number of ether oxygens (including phenoxy) is 2. The minimum Gasteiger partial charge on any atom is -0.493 e. The fourth-order valence-corrected chi connectivity index (χ4v) is 3.96. The van der Waals surface area contributed by atoms with Crippen LogP contribution in [0.25, 0.3) is 6.08 Å². The molecule has 0 saturated carbocycles. The first kappa shape index (κ1) is 22.4. The van der Waals surface area contributed by atoms with Gasteiger partial charge in [0.25, 0.3) is 5.24 Å². The molecule has 8 heteroatoms. The Kier molecular flexibility index (Phi) is 7.72. The van der Waals surface area contributed by atoms with Crippen molar-refractivity contribution in [2.75, 3.05) is 20.8 Å². The fourth-order valence-electron chi connectivity index (χ4n) is 3.10. The number of imide groups is 1.